The van der Waals surface area contributed by atoms with Crippen molar-refractivity contribution < 1.29 is 184 Å². The summed E-state index contributed by atoms with van der Waals surface area (Å²) in [7, 11) is 0. The smallest absolute Gasteiger partial charge is 0.0531 e. The van der Waals surface area contributed by atoms with Crippen LogP contribution in [0.25, 0.3) is 0 Å². The van der Waals surface area contributed by atoms with E-state index in [0.717, 1.165) is 12.8 Å². The minimum absolute atomic E-state index is 0. The Balaban J connectivity index is -0.0000000965. The van der Waals surface area contributed by atoms with E-state index in [4.69, 9.17) is 184 Å². The lowest BCUT2D eigenvalue weighted by molar-refractivity contribution is 0.00302. The maximum Gasteiger partial charge on any atom is 0.0531 e. The van der Waals surface area contributed by atoms with Crippen LogP contribution in [0.1, 0.15) is 177 Å². The summed E-state index contributed by atoms with van der Waals surface area (Å²) in [5.74, 6) is -0.461. The summed E-state index contributed by atoms with van der Waals surface area (Å²) in [6.45, 7) is 13.8. The number of hydrogen-bond acceptors (Lipinski definition) is 36. The highest BCUT2D eigenvalue weighted by Gasteiger charge is 2.29. The second kappa shape index (κ2) is 97.4. The lowest BCUT2D eigenvalue weighted by atomic mass is 9.80. The van der Waals surface area contributed by atoms with Crippen LogP contribution >= 0.6 is 0 Å². The van der Waals surface area contributed by atoms with Crippen molar-refractivity contribution in [3.63, 3.8) is 0 Å². The Bertz CT molecular complexity index is 1550. The standard InChI is InChI=1S/2C8H18O3.3C7H16O3.4C6H14O3.2C5H12O3.C4H10O3/c1-2-8(7-11,3-5-9)4-6-10;1-2-8(6-10,7-11)4-3-5-9;1-7(6-10,2-4-8)3-5-9;1-7(5-9,6-10)3-2-4-8;1-2-7(5-9,6-10)3-4-8;1-6(4-8,5-9)2-3-7;7-3-1-6(5-9)2-4-8;1-2-6(3-7,4-8)5-9;7-3-1-2-6(4-8)5-9;1-5(2-6,3-7)4-8;6-2-1-5(3-7)4-8;5-1-4(2-6)3-7/h2*9-11H,2-7H2,1H3;3*8-10H,2-6H2,1H3;7-9H,2-5H2,1H3;6-9H,1-5H2;7-9H,2-5H2,1H3;6-9H,1-5H2;6-8H,2-4H2,1H3;5-8H,1-4H2;4-7H,1-3H2. The van der Waals surface area contributed by atoms with Crippen molar-refractivity contribution >= 4 is 0 Å². The van der Waals surface area contributed by atoms with Gasteiger partial charge in [-0.15, -0.1) is 0 Å². The highest BCUT2D eigenvalue weighted by molar-refractivity contribution is 4.79. The first kappa shape index (κ1) is 136. The van der Waals surface area contributed by atoms with E-state index in [1.165, 1.54) is 0 Å². The Kier molecular flexibility index (Phi) is 119. The zero-order chi connectivity index (χ0) is 89.2. The van der Waals surface area contributed by atoms with E-state index in [0.29, 0.717) is 109 Å². The second-order valence-corrected chi connectivity index (χ2v) is 29.0. The maximum absolute atomic E-state index is 9.02. The minimum Gasteiger partial charge on any atom is -0.396 e. The number of aliphatic hydroxyl groups excluding tert-OH is 36. The second-order valence-electron chi connectivity index (χ2n) is 29.0. The molecule has 0 rings (SSSR count). The van der Waals surface area contributed by atoms with Gasteiger partial charge in [-0.25, -0.2) is 0 Å². The predicted molar refractivity (Wildman–Crippen MR) is 422 cm³/mol. The molecule has 690 valence electrons. The molecule has 0 radical (unpaired) electrons. The lowest BCUT2D eigenvalue weighted by Gasteiger charge is -2.28. The average molecular weight is 1650 g/mol. The quantitative estimate of drug-likeness (QED) is 0.0269. The van der Waals surface area contributed by atoms with Gasteiger partial charge in [-0.3, -0.25) is 0 Å². The molecule has 0 bridgehead atoms. The normalized spacial score (nSPS) is 11.6. The molecule has 0 aliphatic heterocycles. The van der Waals surface area contributed by atoms with Crippen LogP contribution in [0.4, 0.5) is 0 Å². The van der Waals surface area contributed by atoms with Gasteiger partial charge in [0.2, 0.25) is 0 Å². The summed E-state index contributed by atoms with van der Waals surface area (Å²) in [6.07, 6.45) is 11.6. The van der Waals surface area contributed by atoms with Crippen LogP contribution in [0, 0.1) is 67.0 Å². The van der Waals surface area contributed by atoms with Crippen molar-refractivity contribution in [1.29, 1.82) is 0 Å². The molecule has 0 saturated heterocycles. The Labute approximate surface area is 663 Å². The fourth-order valence-electron chi connectivity index (χ4n) is 7.69. The first-order chi connectivity index (χ1) is 52.6. The lowest BCUT2D eigenvalue weighted by Crippen LogP contribution is -2.32. The molecule has 0 saturated carbocycles. The largest absolute Gasteiger partial charge is 0.396 e. The first-order valence-electron chi connectivity index (χ1n) is 38.5. The molecule has 0 aliphatic rings. The fourth-order valence-corrected chi connectivity index (χ4v) is 7.69. The molecular formula is C75H174O36. The molecule has 36 N–H and O–H groups in total. The SMILES string of the molecule is CC(CO)(CCO)CCO.CC(CO)(CO)CCCO.CC(CO)(CO)CCO.CC(CO)(CO)CO.CCC(CO)(CCO)CCO.CCC(CO)(CO)CCCO.CCC(CO)(CO)CCO.CCC(CO)(CO)CO.OCC(CO)CO.OCCC(CO)CCO.OCCC(CO)CO.OCCCC(CO)CO. The van der Waals surface area contributed by atoms with Crippen molar-refractivity contribution in [3.05, 3.63) is 0 Å². The molecule has 0 aliphatic carbocycles. The van der Waals surface area contributed by atoms with Crippen LogP contribution in [-0.4, -0.2) is 422 Å². The maximum atomic E-state index is 9.02. The van der Waals surface area contributed by atoms with Gasteiger partial charge in [0, 0.05) is 176 Å². The average Bonchev–Trinajstić information content (AvgIpc) is 0.938. The molecule has 0 unspecified atom stereocenters. The molecule has 0 amide bonds. The third-order valence-corrected chi connectivity index (χ3v) is 19.1. The molecule has 0 aromatic rings. The van der Waals surface area contributed by atoms with Crippen LogP contribution in [0.3, 0.4) is 0 Å². The Morgan fingerprint density at radius 1 is 0.162 bits per heavy atom. The molecule has 0 aromatic heterocycles. The van der Waals surface area contributed by atoms with Crippen molar-refractivity contribution in [1.82, 2.24) is 0 Å². The van der Waals surface area contributed by atoms with Crippen molar-refractivity contribution in [2.24, 2.45) is 67.0 Å². The van der Waals surface area contributed by atoms with Crippen LogP contribution < -0.4 is 0 Å². The summed E-state index contributed by atoms with van der Waals surface area (Å²) >= 11 is 0. The Hall–Kier alpha value is -1.44. The monoisotopic (exact) mass is 1650 g/mol. The highest BCUT2D eigenvalue weighted by Crippen LogP contribution is 2.30. The number of rotatable bonds is 55. The summed E-state index contributed by atoms with van der Waals surface area (Å²) < 4.78 is 0. The zero-order valence-electron chi connectivity index (χ0n) is 69.3. The van der Waals surface area contributed by atoms with E-state index < -0.39 is 27.1 Å². The molecule has 0 aromatic carbocycles. The van der Waals surface area contributed by atoms with E-state index in [9.17, 15) is 0 Å². The van der Waals surface area contributed by atoms with Crippen LogP contribution in [-0.2, 0) is 0 Å². The van der Waals surface area contributed by atoms with Gasteiger partial charge in [0.1, 0.15) is 0 Å². The number of aliphatic hydroxyl groups is 36. The molecule has 0 fully saturated rings. The Morgan fingerprint density at radius 3 is 0.541 bits per heavy atom. The molecule has 0 spiro atoms. The molecule has 0 atom stereocenters. The fraction of sp³-hybridized carbons (Fsp3) is 1.00. The van der Waals surface area contributed by atoms with Crippen molar-refractivity contribution in [2.75, 3.05) is 238 Å². The topological polar surface area (TPSA) is 728 Å². The van der Waals surface area contributed by atoms with Gasteiger partial charge in [-0.05, 0) is 139 Å². The van der Waals surface area contributed by atoms with Crippen molar-refractivity contribution in [3.8, 4) is 0 Å². The van der Waals surface area contributed by atoms with Gasteiger partial charge >= 0.3 is 0 Å². The van der Waals surface area contributed by atoms with Gasteiger partial charge in [0.15, 0.2) is 0 Å². The molecular weight excluding hydrogens is 1480 g/mol. The van der Waals surface area contributed by atoms with Crippen LogP contribution in [0.5, 0.6) is 0 Å². The van der Waals surface area contributed by atoms with Gasteiger partial charge in [-0.1, -0.05) is 55.4 Å². The first-order valence-corrected chi connectivity index (χ1v) is 38.5. The summed E-state index contributed by atoms with van der Waals surface area (Å²) in [4.78, 5) is 0. The van der Waals surface area contributed by atoms with E-state index in [-0.39, 0.29) is 278 Å². The van der Waals surface area contributed by atoms with Gasteiger partial charge in [0.05, 0.1) is 112 Å². The highest BCUT2D eigenvalue weighted by atomic mass is 16.3. The van der Waals surface area contributed by atoms with E-state index in [1.54, 1.807) is 20.8 Å². The number of hydrogen-bond donors (Lipinski definition) is 36. The molecule has 0 heterocycles. The van der Waals surface area contributed by atoms with Gasteiger partial charge < -0.3 is 184 Å². The third kappa shape index (κ3) is 83.4. The summed E-state index contributed by atoms with van der Waals surface area (Å²) in [6, 6.07) is 0. The summed E-state index contributed by atoms with van der Waals surface area (Å²) in [5, 5.41) is 309. The zero-order valence-corrected chi connectivity index (χ0v) is 69.3. The van der Waals surface area contributed by atoms with Gasteiger partial charge in [0.25, 0.3) is 0 Å². The summed E-state index contributed by atoms with van der Waals surface area (Å²) in [5.41, 5.74) is -3.69. The van der Waals surface area contributed by atoms with Gasteiger partial charge in [-0.2, -0.15) is 0 Å². The predicted octanol–water partition coefficient (Wildman–Crippen LogP) is -6.51. The minimum atomic E-state index is -0.708. The van der Waals surface area contributed by atoms with Crippen molar-refractivity contribution in [2.45, 2.75) is 177 Å². The molecule has 36 heteroatoms. The molecule has 36 nitrogen and oxygen atoms in total. The Morgan fingerprint density at radius 2 is 0.378 bits per heavy atom. The van der Waals surface area contributed by atoms with Crippen LogP contribution in [0.2, 0.25) is 0 Å². The van der Waals surface area contributed by atoms with Crippen LogP contribution in [0.15, 0.2) is 0 Å². The van der Waals surface area contributed by atoms with E-state index >= 15 is 0 Å². The molecule has 111 heavy (non-hydrogen) atoms. The third-order valence-electron chi connectivity index (χ3n) is 19.1. The van der Waals surface area contributed by atoms with E-state index in [2.05, 4.69) is 0 Å². The van der Waals surface area contributed by atoms with E-state index in [1.807, 2.05) is 34.6 Å².